The summed E-state index contributed by atoms with van der Waals surface area (Å²) in [5.74, 6) is -0.553. The number of carbonyl (C=O) groups excluding carboxylic acids is 1. The van der Waals surface area contributed by atoms with Crippen LogP contribution < -0.4 is 5.32 Å². The van der Waals surface area contributed by atoms with Crippen molar-refractivity contribution < 1.29 is 18.0 Å². The standard InChI is InChI=1S/C18H15F3N4O/c19-18(20,21)16-3-1-2-15(8-16)17(26)23-9-13-4-6-14(7-5-13)10-25-12-22-11-24-25/h1-8,11-12H,9-10H2,(H,23,26). The lowest BCUT2D eigenvalue weighted by molar-refractivity contribution is -0.137. The monoisotopic (exact) mass is 360 g/mol. The van der Waals surface area contributed by atoms with Crippen molar-refractivity contribution in [3.63, 3.8) is 0 Å². The molecule has 0 bridgehead atoms. The second-order valence-electron chi connectivity index (χ2n) is 5.67. The van der Waals surface area contributed by atoms with E-state index >= 15 is 0 Å². The number of benzene rings is 2. The fourth-order valence-electron chi connectivity index (χ4n) is 2.39. The molecular weight excluding hydrogens is 345 g/mol. The second kappa shape index (κ2) is 7.38. The Morgan fingerprint density at radius 2 is 1.81 bits per heavy atom. The number of amides is 1. The second-order valence-corrected chi connectivity index (χ2v) is 5.67. The van der Waals surface area contributed by atoms with Crippen LogP contribution >= 0.6 is 0 Å². The van der Waals surface area contributed by atoms with Crippen LogP contribution in [0.5, 0.6) is 0 Å². The largest absolute Gasteiger partial charge is 0.416 e. The van der Waals surface area contributed by atoms with Crippen molar-refractivity contribution in [1.82, 2.24) is 20.1 Å². The summed E-state index contributed by atoms with van der Waals surface area (Å²) in [6.07, 6.45) is -1.41. The van der Waals surface area contributed by atoms with Crippen LogP contribution in [0.15, 0.2) is 61.2 Å². The van der Waals surface area contributed by atoms with Crippen molar-refractivity contribution in [2.24, 2.45) is 0 Å². The van der Waals surface area contributed by atoms with Gasteiger partial charge in [-0.2, -0.15) is 18.3 Å². The number of nitrogens with one attached hydrogen (secondary N) is 1. The maximum Gasteiger partial charge on any atom is 0.416 e. The number of aromatic nitrogens is 3. The van der Waals surface area contributed by atoms with Crippen molar-refractivity contribution in [2.75, 3.05) is 0 Å². The van der Waals surface area contributed by atoms with Crippen LogP contribution in [0.2, 0.25) is 0 Å². The van der Waals surface area contributed by atoms with Gasteiger partial charge in [-0.05, 0) is 29.3 Å². The maximum atomic E-state index is 12.7. The quantitative estimate of drug-likeness (QED) is 0.760. The summed E-state index contributed by atoms with van der Waals surface area (Å²) in [6, 6.07) is 11.8. The smallest absolute Gasteiger partial charge is 0.348 e. The van der Waals surface area contributed by atoms with E-state index in [2.05, 4.69) is 15.4 Å². The van der Waals surface area contributed by atoms with E-state index in [1.807, 2.05) is 24.3 Å². The van der Waals surface area contributed by atoms with Gasteiger partial charge in [0.15, 0.2) is 0 Å². The lowest BCUT2D eigenvalue weighted by Gasteiger charge is -2.10. The van der Waals surface area contributed by atoms with Crippen molar-refractivity contribution in [1.29, 1.82) is 0 Å². The van der Waals surface area contributed by atoms with Crippen molar-refractivity contribution in [3.05, 3.63) is 83.4 Å². The minimum absolute atomic E-state index is 0.0253. The molecule has 0 saturated heterocycles. The summed E-state index contributed by atoms with van der Waals surface area (Å²) in [6.45, 7) is 0.801. The summed E-state index contributed by atoms with van der Waals surface area (Å²) < 4.78 is 39.8. The zero-order valence-electron chi connectivity index (χ0n) is 13.6. The zero-order chi connectivity index (χ0) is 18.6. The molecule has 1 heterocycles. The molecule has 0 fully saturated rings. The van der Waals surface area contributed by atoms with E-state index in [0.717, 1.165) is 23.3 Å². The lowest BCUT2D eigenvalue weighted by atomic mass is 10.1. The maximum absolute atomic E-state index is 12.7. The molecule has 3 aromatic rings. The molecule has 0 radical (unpaired) electrons. The first kappa shape index (κ1) is 17.7. The zero-order valence-corrected chi connectivity index (χ0v) is 13.6. The van der Waals surface area contributed by atoms with Gasteiger partial charge in [-0.3, -0.25) is 4.79 Å². The van der Waals surface area contributed by atoms with Gasteiger partial charge in [0.25, 0.3) is 5.91 Å². The van der Waals surface area contributed by atoms with E-state index in [-0.39, 0.29) is 12.1 Å². The number of rotatable bonds is 5. The molecule has 1 aromatic heterocycles. The summed E-state index contributed by atoms with van der Waals surface area (Å²) in [7, 11) is 0. The van der Waals surface area contributed by atoms with E-state index in [0.29, 0.717) is 6.54 Å². The highest BCUT2D eigenvalue weighted by atomic mass is 19.4. The third-order valence-corrected chi connectivity index (χ3v) is 3.74. The van der Waals surface area contributed by atoms with Gasteiger partial charge in [-0.1, -0.05) is 30.3 Å². The number of hydrogen-bond acceptors (Lipinski definition) is 3. The molecule has 0 saturated carbocycles. The normalized spacial score (nSPS) is 11.3. The number of halogens is 3. The summed E-state index contributed by atoms with van der Waals surface area (Å²) in [5, 5.41) is 6.64. The Balaban J connectivity index is 1.59. The van der Waals surface area contributed by atoms with Crippen molar-refractivity contribution in [2.45, 2.75) is 19.3 Å². The third-order valence-electron chi connectivity index (χ3n) is 3.74. The Labute approximate surface area is 147 Å². The van der Waals surface area contributed by atoms with E-state index in [1.54, 1.807) is 11.0 Å². The topological polar surface area (TPSA) is 59.8 Å². The first-order chi connectivity index (χ1) is 12.4. The predicted octanol–water partition coefficient (Wildman–Crippen LogP) is 3.28. The molecule has 0 spiro atoms. The highest BCUT2D eigenvalue weighted by Gasteiger charge is 2.30. The SMILES string of the molecule is O=C(NCc1ccc(Cn2cncn2)cc1)c1cccc(C(F)(F)F)c1. The Bertz CT molecular complexity index is 874. The first-order valence-corrected chi connectivity index (χ1v) is 7.77. The van der Waals surface area contributed by atoms with Gasteiger partial charge >= 0.3 is 6.18 Å². The van der Waals surface area contributed by atoms with Gasteiger partial charge in [0.2, 0.25) is 0 Å². The average Bonchev–Trinajstić information content (AvgIpc) is 3.13. The molecule has 3 rings (SSSR count). The van der Waals surface area contributed by atoms with E-state index in [9.17, 15) is 18.0 Å². The molecule has 0 aliphatic carbocycles. The average molecular weight is 360 g/mol. The Kier molecular flexibility index (Phi) is 5.01. The number of hydrogen-bond donors (Lipinski definition) is 1. The number of nitrogens with zero attached hydrogens (tertiary/aromatic N) is 3. The Hall–Kier alpha value is -3.16. The van der Waals surface area contributed by atoms with Crippen LogP contribution in [0.3, 0.4) is 0 Å². The Morgan fingerprint density at radius 3 is 2.46 bits per heavy atom. The van der Waals surface area contributed by atoms with Gasteiger partial charge < -0.3 is 5.32 Å². The molecule has 0 aliphatic heterocycles. The summed E-state index contributed by atoms with van der Waals surface area (Å²) >= 11 is 0. The number of carbonyl (C=O) groups is 1. The van der Waals surface area contributed by atoms with Crippen molar-refractivity contribution >= 4 is 5.91 Å². The minimum Gasteiger partial charge on any atom is -0.348 e. The van der Waals surface area contributed by atoms with Crippen LogP contribution in [-0.4, -0.2) is 20.7 Å². The molecule has 134 valence electrons. The van der Waals surface area contributed by atoms with Crippen molar-refractivity contribution in [3.8, 4) is 0 Å². The molecule has 1 N–H and O–H groups in total. The molecular formula is C18H15F3N4O. The van der Waals surface area contributed by atoms with Gasteiger partial charge in [0.05, 0.1) is 12.1 Å². The van der Waals surface area contributed by atoms with Gasteiger partial charge in [0.1, 0.15) is 12.7 Å². The van der Waals surface area contributed by atoms with Gasteiger partial charge in [0, 0.05) is 12.1 Å². The molecule has 2 aromatic carbocycles. The van der Waals surface area contributed by atoms with Crippen LogP contribution in [0.1, 0.15) is 27.0 Å². The summed E-state index contributed by atoms with van der Waals surface area (Å²) in [4.78, 5) is 15.9. The van der Waals surface area contributed by atoms with Crippen LogP contribution in [0.25, 0.3) is 0 Å². The third kappa shape index (κ3) is 4.47. The lowest BCUT2D eigenvalue weighted by Crippen LogP contribution is -2.23. The molecule has 0 atom stereocenters. The molecule has 5 nitrogen and oxygen atoms in total. The van der Waals surface area contributed by atoms with Gasteiger partial charge in [-0.15, -0.1) is 0 Å². The molecule has 0 aliphatic rings. The molecule has 0 unspecified atom stereocenters. The van der Waals surface area contributed by atoms with Crippen LogP contribution in [0, 0.1) is 0 Å². The first-order valence-electron chi connectivity index (χ1n) is 7.77. The van der Waals surface area contributed by atoms with E-state index in [1.165, 1.54) is 18.5 Å². The molecule has 8 heteroatoms. The molecule has 1 amide bonds. The Morgan fingerprint density at radius 1 is 1.08 bits per heavy atom. The van der Waals surface area contributed by atoms with E-state index < -0.39 is 17.6 Å². The fourth-order valence-corrected chi connectivity index (χ4v) is 2.39. The highest BCUT2D eigenvalue weighted by Crippen LogP contribution is 2.29. The predicted molar refractivity (Wildman–Crippen MR) is 88.2 cm³/mol. The van der Waals surface area contributed by atoms with E-state index in [4.69, 9.17) is 0 Å². The fraction of sp³-hybridized carbons (Fsp3) is 0.167. The molecule has 26 heavy (non-hydrogen) atoms. The van der Waals surface area contributed by atoms with Crippen LogP contribution in [-0.2, 0) is 19.3 Å². The highest BCUT2D eigenvalue weighted by molar-refractivity contribution is 5.94. The number of alkyl halides is 3. The van der Waals surface area contributed by atoms with Crippen LogP contribution in [0.4, 0.5) is 13.2 Å². The van der Waals surface area contributed by atoms with Gasteiger partial charge in [-0.25, -0.2) is 9.67 Å². The summed E-state index contributed by atoms with van der Waals surface area (Å²) in [5.41, 5.74) is 0.987. The minimum atomic E-state index is -4.48.